The second-order valence-corrected chi connectivity index (χ2v) is 7.10. The zero-order valence-electron chi connectivity index (χ0n) is 16.4. The molecular weight excluding hydrogens is 358 g/mol. The van der Waals surface area contributed by atoms with E-state index in [1.54, 1.807) is 6.20 Å². The summed E-state index contributed by atoms with van der Waals surface area (Å²) in [6.07, 6.45) is 1.75. The number of carbonyl (C=O) groups excluding carboxylic acids is 1. The number of aromatic nitrogens is 1. The minimum absolute atomic E-state index is 0.0824. The van der Waals surface area contributed by atoms with Crippen LogP contribution in [0.3, 0.4) is 0 Å². The molecule has 0 bridgehead atoms. The topological polar surface area (TPSA) is 45.2 Å². The molecule has 1 aromatic heterocycles. The minimum Gasteiger partial charge on any atom is -0.370 e. The molecule has 3 aromatic carbocycles. The summed E-state index contributed by atoms with van der Waals surface area (Å²) >= 11 is 0. The van der Waals surface area contributed by atoms with Gasteiger partial charge in [0.05, 0.1) is 5.52 Å². The standard InChI is InChI=1S/C25H23N3O/c1-28(18-20-6-3-2-4-7-20)23-12-9-19(10-13-23)17-27-25(29)22-11-14-24-21(16-22)8-5-15-26-24/h2-16H,17-18H2,1H3,(H,27,29). The number of hydrogen-bond acceptors (Lipinski definition) is 3. The Morgan fingerprint density at radius 1 is 0.897 bits per heavy atom. The van der Waals surface area contributed by atoms with Crippen molar-refractivity contribution >= 4 is 22.5 Å². The first-order chi connectivity index (χ1) is 14.2. The molecule has 4 aromatic rings. The number of hydrogen-bond donors (Lipinski definition) is 1. The number of nitrogens with zero attached hydrogens (tertiary/aromatic N) is 2. The lowest BCUT2D eigenvalue weighted by atomic mass is 10.1. The van der Waals surface area contributed by atoms with Crippen molar-refractivity contribution in [2.45, 2.75) is 13.1 Å². The van der Waals surface area contributed by atoms with Gasteiger partial charge in [-0.15, -0.1) is 0 Å². The summed E-state index contributed by atoms with van der Waals surface area (Å²) in [4.78, 5) is 19.0. The van der Waals surface area contributed by atoms with E-state index in [1.807, 2.05) is 36.4 Å². The van der Waals surface area contributed by atoms with Crippen LogP contribution < -0.4 is 10.2 Å². The van der Waals surface area contributed by atoms with E-state index in [0.717, 1.165) is 28.7 Å². The summed E-state index contributed by atoms with van der Waals surface area (Å²) < 4.78 is 0. The van der Waals surface area contributed by atoms with Crippen molar-refractivity contribution in [2.24, 2.45) is 0 Å². The molecule has 4 rings (SSSR count). The van der Waals surface area contributed by atoms with Gasteiger partial charge in [0.15, 0.2) is 0 Å². The molecule has 0 unspecified atom stereocenters. The van der Waals surface area contributed by atoms with Crippen LogP contribution in [0.2, 0.25) is 0 Å². The third kappa shape index (κ3) is 4.61. The van der Waals surface area contributed by atoms with Crippen molar-refractivity contribution in [3.8, 4) is 0 Å². The third-order valence-electron chi connectivity index (χ3n) is 4.96. The fourth-order valence-corrected chi connectivity index (χ4v) is 3.32. The maximum Gasteiger partial charge on any atom is 0.251 e. The van der Waals surface area contributed by atoms with Crippen molar-refractivity contribution in [1.82, 2.24) is 10.3 Å². The first kappa shape index (κ1) is 18.7. The number of rotatable bonds is 6. The monoisotopic (exact) mass is 381 g/mol. The van der Waals surface area contributed by atoms with Gasteiger partial charge in [-0.25, -0.2) is 0 Å². The fraction of sp³-hybridized carbons (Fsp3) is 0.120. The minimum atomic E-state index is -0.0824. The van der Waals surface area contributed by atoms with Gasteiger partial charge in [-0.1, -0.05) is 48.5 Å². The molecule has 0 aliphatic heterocycles. The summed E-state index contributed by atoms with van der Waals surface area (Å²) in [5.74, 6) is -0.0824. The molecule has 0 atom stereocenters. The van der Waals surface area contributed by atoms with Crippen LogP contribution >= 0.6 is 0 Å². The van der Waals surface area contributed by atoms with Crippen molar-refractivity contribution in [1.29, 1.82) is 0 Å². The van der Waals surface area contributed by atoms with Crippen LogP contribution in [0.25, 0.3) is 10.9 Å². The van der Waals surface area contributed by atoms with Crippen molar-refractivity contribution in [3.05, 3.63) is 108 Å². The molecule has 0 saturated heterocycles. The van der Waals surface area contributed by atoms with Gasteiger partial charge in [0.1, 0.15) is 0 Å². The Balaban J connectivity index is 1.36. The molecule has 0 radical (unpaired) electrons. The Hall–Kier alpha value is -3.66. The number of nitrogens with one attached hydrogen (secondary N) is 1. The summed E-state index contributed by atoms with van der Waals surface area (Å²) in [6.45, 7) is 1.35. The maximum absolute atomic E-state index is 12.5. The molecule has 4 nitrogen and oxygen atoms in total. The number of amides is 1. The van der Waals surface area contributed by atoms with E-state index in [1.165, 1.54) is 5.56 Å². The SMILES string of the molecule is CN(Cc1ccccc1)c1ccc(CNC(=O)c2ccc3ncccc3c2)cc1. The highest BCUT2D eigenvalue weighted by Crippen LogP contribution is 2.17. The molecule has 144 valence electrons. The summed E-state index contributed by atoms with van der Waals surface area (Å²) in [5, 5.41) is 3.96. The third-order valence-corrected chi connectivity index (χ3v) is 4.96. The molecule has 4 heteroatoms. The van der Waals surface area contributed by atoms with E-state index < -0.39 is 0 Å². The summed E-state index contributed by atoms with van der Waals surface area (Å²) in [6, 6.07) is 28.1. The van der Waals surface area contributed by atoms with Gasteiger partial charge in [-0.3, -0.25) is 9.78 Å². The second-order valence-electron chi connectivity index (χ2n) is 7.10. The highest BCUT2D eigenvalue weighted by Gasteiger charge is 2.07. The summed E-state index contributed by atoms with van der Waals surface area (Å²) in [5.41, 5.74) is 5.02. The first-order valence-electron chi connectivity index (χ1n) is 9.66. The zero-order valence-corrected chi connectivity index (χ0v) is 16.4. The number of pyridine rings is 1. The molecule has 1 amide bonds. The van der Waals surface area contributed by atoms with E-state index in [4.69, 9.17) is 0 Å². The van der Waals surface area contributed by atoms with Crippen LogP contribution in [-0.2, 0) is 13.1 Å². The molecule has 0 aliphatic rings. The van der Waals surface area contributed by atoms with Gasteiger partial charge >= 0.3 is 0 Å². The largest absolute Gasteiger partial charge is 0.370 e. The number of benzene rings is 3. The number of anilines is 1. The summed E-state index contributed by atoms with van der Waals surface area (Å²) in [7, 11) is 2.08. The van der Waals surface area contributed by atoms with E-state index in [2.05, 4.69) is 70.8 Å². The van der Waals surface area contributed by atoms with Gasteiger partial charge in [0.2, 0.25) is 0 Å². The highest BCUT2D eigenvalue weighted by atomic mass is 16.1. The Labute approximate surface area is 170 Å². The Morgan fingerprint density at radius 2 is 1.69 bits per heavy atom. The van der Waals surface area contributed by atoms with Gasteiger partial charge in [0, 0.05) is 43.0 Å². The van der Waals surface area contributed by atoms with Crippen LogP contribution in [0.1, 0.15) is 21.5 Å². The lowest BCUT2D eigenvalue weighted by molar-refractivity contribution is 0.0951. The average molecular weight is 381 g/mol. The van der Waals surface area contributed by atoms with Crippen LogP contribution in [0.4, 0.5) is 5.69 Å². The number of carbonyl (C=O) groups is 1. The Kier molecular flexibility index (Phi) is 5.52. The Bertz CT molecular complexity index is 1110. The zero-order chi connectivity index (χ0) is 20.1. The molecule has 29 heavy (non-hydrogen) atoms. The van der Waals surface area contributed by atoms with Crippen molar-refractivity contribution < 1.29 is 4.79 Å². The van der Waals surface area contributed by atoms with E-state index >= 15 is 0 Å². The molecule has 0 aliphatic carbocycles. The quantitative estimate of drug-likeness (QED) is 0.522. The normalized spacial score (nSPS) is 10.7. The second kappa shape index (κ2) is 8.57. The van der Waals surface area contributed by atoms with Gasteiger partial charge < -0.3 is 10.2 Å². The lowest BCUT2D eigenvalue weighted by Crippen LogP contribution is -2.22. The predicted octanol–water partition coefficient (Wildman–Crippen LogP) is 4.80. The highest BCUT2D eigenvalue weighted by molar-refractivity contribution is 5.97. The predicted molar refractivity (Wildman–Crippen MR) is 118 cm³/mol. The van der Waals surface area contributed by atoms with Crippen molar-refractivity contribution in [3.63, 3.8) is 0 Å². The van der Waals surface area contributed by atoms with E-state index in [-0.39, 0.29) is 5.91 Å². The fourth-order valence-electron chi connectivity index (χ4n) is 3.32. The molecule has 0 fully saturated rings. The molecule has 1 N–H and O–H groups in total. The molecule has 1 heterocycles. The van der Waals surface area contributed by atoms with Gasteiger partial charge in [-0.05, 0) is 47.5 Å². The lowest BCUT2D eigenvalue weighted by Gasteiger charge is -2.19. The van der Waals surface area contributed by atoms with Crippen molar-refractivity contribution in [2.75, 3.05) is 11.9 Å². The first-order valence-corrected chi connectivity index (χ1v) is 9.66. The smallest absolute Gasteiger partial charge is 0.251 e. The van der Waals surface area contributed by atoms with Crippen LogP contribution in [0.5, 0.6) is 0 Å². The van der Waals surface area contributed by atoms with Crippen LogP contribution in [0, 0.1) is 0 Å². The molecule has 0 saturated carbocycles. The van der Waals surface area contributed by atoms with E-state index in [9.17, 15) is 4.79 Å². The average Bonchev–Trinajstić information content (AvgIpc) is 2.78. The number of fused-ring (bicyclic) bond motifs is 1. The molecular formula is C25H23N3O. The van der Waals surface area contributed by atoms with Gasteiger partial charge in [0.25, 0.3) is 5.91 Å². The van der Waals surface area contributed by atoms with E-state index in [0.29, 0.717) is 12.1 Å². The van der Waals surface area contributed by atoms with Gasteiger partial charge in [-0.2, -0.15) is 0 Å². The maximum atomic E-state index is 12.5. The Morgan fingerprint density at radius 3 is 2.48 bits per heavy atom. The van der Waals surface area contributed by atoms with Crippen LogP contribution in [0.15, 0.2) is 91.1 Å². The molecule has 0 spiro atoms. The van der Waals surface area contributed by atoms with Crippen LogP contribution in [-0.4, -0.2) is 17.9 Å².